The van der Waals surface area contributed by atoms with Gasteiger partial charge in [0.15, 0.2) is 17.3 Å². The number of alkyl halides is 1. The molecular weight excluding hydrogens is 394 g/mol. The Bertz CT molecular complexity index is 1160. The summed E-state index contributed by atoms with van der Waals surface area (Å²) >= 11 is 5.89. The third kappa shape index (κ3) is 3.09. The summed E-state index contributed by atoms with van der Waals surface area (Å²) in [6.07, 6.45) is 2.48. The van der Waals surface area contributed by atoms with Gasteiger partial charge in [0.1, 0.15) is 5.75 Å². The fraction of sp³-hybridized carbons (Fsp3) is 0.227. The van der Waals surface area contributed by atoms with E-state index in [1.54, 1.807) is 13.2 Å². The first kappa shape index (κ1) is 19.2. The molecule has 150 valence electrons. The number of allylic oxidation sites excluding steroid dienone is 1. The van der Waals surface area contributed by atoms with Crippen molar-refractivity contribution in [2.75, 3.05) is 13.0 Å². The lowest BCUT2D eigenvalue weighted by molar-refractivity contribution is 0.101. The lowest BCUT2D eigenvalue weighted by atomic mass is 10.1. The van der Waals surface area contributed by atoms with E-state index < -0.39 is 5.75 Å². The molecule has 0 bridgehead atoms. The Labute approximate surface area is 172 Å². The van der Waals surface area contributed by atoms with Crippen molar-refractivity contribution in [1.29, 1.82) is 0 Å². The summed E-state index contributed by atoms with van der Waals surface area (Å²) < 4.78 is 13.1. The number of phenols is 2. The molecule has 6 nitrogen and oxygen atoms in total. The van der Waals surface area contributed by atoms with E-state index in [2.05, 4.69) is 4.57 Å². The molecule has 0 radical (unpaired) electrons. The second-order valence-electron chi connectivity index (χ2n) is 6.83. The van der Waals surface area contributed by atoms with Crippen LogP contribution in [0.4, 0.5) is 0 Å². The number of methoxy groups -OCH3 is 1. The van der Waals surface area contributed by atoms with Gasteiger partial charge < -0.3 is 24.3 Å². The molecule has 0 fully saturated rings. The van der Waals surface area contributed by atoms with Gasteiger partial charge in [0.25, 0.3) is 0 Å². The van der Waals surface area contributed by atoms with Crippen molar-refractivity contribution < 1.29 is 24.5 Å². The van der Waals surface area contributed by atoms with Crippen molar-refractivity contribution in [3.05, 3.63) is 52.9 Å². The van der Waals surface area contributed by atoms with Crippen LogP contribution in [0.25, 0.3) is 17.0 Å². The van der Waals surface area contributed by atoms with Gasteiger partial charge in [-0.2, -0.15) is 0 Å². The number of ether oxygens (including phenoxy) is 2. The zero-order chi connectivity index (χ0) is 20.7. The topological polar surface area (TPSA) is 80.9 Å². The molecule has 3 aromatic rings. The largest absolute Gasteiger partial charge is 0.504 e. The van der Waals surface area contributed by atoms with Gasteiger partial charge in [0.2, 0.25) is 11.5 Å². The Kier molecular flexibility index (Phi) is 4.88. The lowest BCUT2D eigenvalue weighted by Crippen LogP contribution is -2.02. The van der Waals surface area contributed by atoms with Crippen molar-refractivity contribution in [3.63, 3.8) is 0 Å². The molecule has 2 N–H and O–H groups in total. The highest BCUT2D eigenvalue weighted by atomic mass is 35.5. The first-order valence-corrected chi connectivity index (χ1v) is 9.71. The molecule has 1 aliphatic heterocycles. The maximum Gasteiger partial charge on any atom is 0.232 e. The van der Waals surface area contributed by atoms with Crippen LogP contribution >= 0.6 is 11.6 Å². The summed E-state index contributed by atoms with van der Waals surface area (Å²) in [7, 11) is 1.60. The van der Waals surface area contributed by atoms with E-state index in [-0.39, 0.29) is 28.6 Å². The fourth-order valence-corrected chi connectivity index (χ4v) is 3.78. The van der Waals surface area contributed by atoms with E-state index in [0.717, 1.165) is 35.1 Å². The maximum absolute atomic E-state index is 12.8. The predicted molar refractivity (Wildman–Crippen MR) is 111 cm³/mol. The Morgan fingerprint density at radius 2 is 2.03 bits per heavy atom. The Morgan fingerprint density at radius 3 is 2.76 bits per heavy atom. The van der Waals surface area contributed by atoms with Crippen molar-refractivity contribution in [1.82, 2.24) is 4.57 Å². The minimum atomic E-state index is -0.442. The van der Waals surface area contributed by atoms with Crippen LogP contribution in [0, 0.1) is 6.92 Å². The summed E-state index contributed by atoms with van der Waals surface area (Å²) in [6, 6.07) is 8.50. The lowest BCUT2D eigenvalue weighted by Gasteiger charge is -2.07. The number of hydrogen-bond acceptors (Lipinski definition) is 5. The van der Waals surface area contributed by atoms with Gasteiger partial charge in [-0.3, -0.25) is 4.79 Å². The number of aromatic hydroxyl groups is 2. The van der Waals surface area contributed by atoms with Gasteiger partial charge >= 0.3 is 0 Å². The number of phenolic OH excluding ortho intramolecular Hbond substituents is 2. The smallest absolute Gasteiger partial charge is 0.232 e. The van der Waals surface area contributed by atoms with Crippen LogP contribution < -0.4 is 9.47 Å². The predicted octanol–water partition coefficient (Wildman–Crippen LogP) is 4.61. The number of Topliss-reactive ketones (excluding diaryl/α,β-unsaturated/α-hetero) is 1. The second kappa shape index (κ2) is 7.37. The van der Waals surface area contributed by atoms with E-state index in [1.807, 2.05) is 25.1 Å². The molecule has 4 rings (SSSR count). The van der Waals surface area contributed by atoms with E-state index >= 15 is 0 Å². The van der Waals surface area contributed by atoms with Crippen LogP contribution in [0.3, 0.4) is 0 Å². The number of ketones is 1. The monoisotopic (exact) mass is 413 g/mol. The molecule has 0 saturated heterocycles. The number of carbonyl (C=O) groups is 1. The second-order valence-corrected chi connectivity index (χ2v) is 7.20. The number of aryl methyl sites for hydroxylation is 1. The number of halogens is 1. The van der Waals surface area contributed by atoms with Crippen LogP contribution in [0.2, 0.25) is 0 Å². The zero-order valence-electron chi connectivity index (χ0n) is 16.0. The molecule has 0 atom stereocenters. The molecule has 0 spiro atoms. The summed E-state index contributed by atoms with van der Waals surface area (Å²) in [4.78, 5) is 12.8. The van der Waals surface area contributed by atoms with Crippen molar-refractivity contribution in [2.24, 2.45) is 0 Å². The minimum Gasteiger partial charge on any atom is -0.504 e. The van der Waals surface area contributed by atoms with Gasteiger partial charge in [0.05, 0.1) is 12.7 Å². The number of aromatic nitrogens is 1. The summed E-state index contributed by atoms with van der Waals surface area (Å²) in [6.45, 7) is 2.72. The SMILES string of the molecule is COc1ccc2c(c1)c(C=C1Oc3c(ccc(O)c3O)C1=O)c(C)n2CCCCl. The van der Waals surface area contributed by atoms with Crippen molar-refractivity contribution in [3.8, 4) is 23.0 Å². The number of carbonyl (C=O) groups excluding carboxylic acids is 1. The third-order valence-electron chi connectivity index (χ3n) is 5.16. The molecule has 2 aromatic carbocycles. The number of rotatable bonds is 5. The fourth-order valence-electron chi connectivity index (χ4n) is 3.66. The van der Waals surface area contributed by atoms with E-state index in [4.69, 9.17) is 21.1 Å². The quantitative estimate of drug-likeness (QED) is 0.362. The number of nitrogens with zero attached hydrogens (tertiary/aromatic N) is 1. The standard InChI is InChI=1S/C22H20ClNO5/c1-12-15(11-19-20(26)14-5-7-18(25)21(27)22(14)29-19)16-10-13(28-2)4-6-17(16)24(12)9-3-8-23/h4-7,10-11,25,27H,3,8-9H2,1-2H3. The number of hydrogen-bond donors (Lipinski definition) is 2. The van der Waals surface area contributed by atoms with Gasteiger partial charge in [0, 0.05) is 34.6 Å². The van der Waals surface area contributed by atoms with Gasteiger partial charge in [-0.1, -0.05) is 0 Å². The average molecular weight is 414 g/mol. The first-order chi connectivity index (χ1) is 14.0. The third-order valence-corrected chi connectivity index (χ3v) is 5.43. The molecule has 29 heavy (non-hydrogen) atoms. The summed E-state index contributed by atoms with van der Waals surface area (Å²) in [5.41, 5.74) is 3.01. The number of benzene rings is 2. The molecule has 0 amide bonds. The van der Waals surface area contributed by atoms with Crippen LogP contribution in [-0.2, 0) is 6.54 Å². The maximum atomic E-state index is 12.8. The average Bonchev–Trinajstić information content (AvgIpc) is 3.18. The molecule has 1 aliphatic rings. The number of fused-ring (bicyclic) bond motifs is 2. The van der Waals surface area contributed by atoms with Gasteiger partial charge in [-0.05, 0) is 49.8 Å². The molecular formula is C22H20ClNO5. The van der Waals surface area contributed by atoms with Crippen LogP contribution in [0.15, 0.2) is 36.1 Å². The highest BCUT2D eigenvalue weighted by molar-refractivity contribution is 6.17. The van der Waals surface area contributed by atoms with Crippen LogP contribution in [0.1, 0.15) is 28.0 Å². The molecule has 1 aromatic heterocycles. The minimum absolute atomic E-state index is 0.0256. The normalized spacial score (nSPS) is 14.4. The van der Waals surface area contributed by atoms with E-state index in [1.165, 1.54) is 12.1 Å². The van der Waals surface area contributed by atoms with Crippen LogP contribution in [-0.4, -0.2) is 33.6 Å². The van der Waals surface area contributed by atoms with E-state index in [0.29, 0.717) is 11.6 Å². The van der Waals surface area contributed by atoms with E-state index in [9.17, 15) is 15.0 Å². The first-order valence-electron chi connectivity index (χ1n) is 9.18. The molecule has 2 heterocycles. The zero-order valence-corrected chi connectivity index (χ0v) is 16.8. The van der Waals surface area contributed by atoms with Crippen molar-refractivity contribution in [2.45, 2.75) is 19.9 Å². The van der Waals surface area contributed by atoms with Gasteiger partial charge in [-0.15, -0.1) is 11.6 Å². The molecule has 7 heteroatoms. The Balaban J connectivity index is 1.87. The van der Waals surface area contributed by atoms with Crippen molar-refractivity contribution >= 4 is 34.4 Å². The molecule has 0 saturated carbocycles. The Hall–Kier alpha value is -3.12. The Morgan fingerprint density at radius 1 is 1.24 bits per heavy atom. The molecule has 0 unspecified atom stereocenters. The molecule has 0 aliphatic carbocycles. The highest BCUT2D eigenvalue weighted by Gasteiger charge is 2.32. The van der Waals surface area contributed by atoms with Crippen LogP contribution in [0.5, 0.6) is 23.0 Å². The summed E-state index contributed by atoms with van der Waals surface area (Å²) in [5.74, 6) is 0.185. The highest BCUT2D eigenvalue weighted by Crippen LogP contribution is 2.44. The van der Waals surface area contributed by atoms with Gasteiger partial charge in [-0.25, -0.2) is 0 Å². The summed E-state index contributed by atoms with van der Waals surface area (Å²) in [5, 5.41) is 20.6.